The molecule has 0 aromatic heterocycles. The van der Waals surface area contributed by atoms with Gasteiger partial charge in [0, 0.05) is 18.2 Å². The van der Waals surface area contributed by atoms with E-state index in [2.05, 4.69) is 26.6 Å². The summed E-state index contributed by atoms with van der Waals surface area (Å²) in [7, 11) is 0. The first-order valence-electron chi connectivity index (χ1n) is 6.13. The van der Waals surface area contributed by atoms with E-state index in [4.69, 9.17) is 0 Å². The van der Waals surface area contributed by atoms with Crippen molar-refractivity contribution in [2.24, 2.45) is 0 Å². The highest BCUT2D eigenvalue weighted by Crippen LogP contribution is 2.16. The maximum atomic E-state index is 13.0. The average Bonchev–Trinajstić information content (AvgIpc) is 2.85. The van der Waals surface area contributed by atoms with Crippen molar-refractivity contribution in [1.82, 2.24) is 10.6 Å². The van der Waals surface area contributed by atoms with Crippen molar-refractivity contribution < 1.29 is 9.18 Å². The van der Waals surface area contributed by atoms with Crippen molar-refractivity contribution in [3.8, 4) is 0 Å². The maximum absolute atomic E-state index is 13.0. The first-order chi connectivity index (χ1) is 8.66. The van der Waals surface area contributed by atoms with Gasteiger partial charge in [0.05, 0.1) is 4.47 Å². The molecule has 106 valence electrons. The third kappa shape index (κ3) is 4.75. The van der Waals surface area contributed by atoms with Crippen LogP contribution in [0, 0.1) is 5.82 Å². The van der Waals surface area contributed by atoms with Crippen LogP contribution in [0.2, 0.25) is 0 Å². The summed E-state index contributed by atoms with van der Waals surface area (Å²) in [6.07, 6.45) is 3.33. The molecule has 19 heavy (non-hydrogen) atoms. The Balaban J connectivity index is 0.00000180. The summed E-state index contributed by atoms with van der Waals surface area (Å²) in [6.45, 7) is 1.72. The summed E-state index contributed by atoms with van der Waals surface area (Å²) in [5.74, 6) is -0.518. The number of rotatable bonds is 4. The second-order valence-corrected chi connectivity index (χ2v) is 5.32. The molecule has 2 N–H and O–H groups in total. The Kier molecular flexibility index (Phi) is 6.75. The van der Waals surface area contributed by atoms with Gasteiger partial charge in [0.2, 0.25) is 0 Å². The summed E-state index contributed by atoms with van der Waals surface area (Å²) < 4.78 is 13.3. The predicted molar refractivity (Wildman–Crippen MR) is 79.3 cm³/mol. The molecule has 1 fully saturated rings. The van der Waals surface area contributed by atoms with Crippen LogP contribution in [0.25, 0.3) is 0 Å². The molecule has 1 aliphatic heterocycles. The molecule has 0 aliphatic carbocycles. The first-order valence-corrected chi connectivity index (χ1v) is 6.93. The van der Waals surface area contributed by atoms with Crippen molar-refractivity contribution in [2.45, 2.75) is 25.3 Å². The lowest BCUT2D eigenvalue weighted by Crippen LogP contribution is -2.30. The van der Waals surface area contributed by atoms with Crippen LogP contribution >= 0.6 is 28.3 Å². The fraction of sp³-hybridized carbons (Fsp3) is 0.462. The third-order valence-electron chi connectivity index (χ3n) is 3.12. The van der Waals surface area contributed by atoms with Crippen LogP contribution in [-0.4, -0.2) is 25.0 Å². The van der Waals surface area contributed by atoms with Gasteiger partial charge < -0.3 is 10.6 Å². The minimum atomic E-state index is -0.360. The number of halogens is 3. The van der Waals surface area contributed by atoms with E-state index in [0.29, 0.717) is 22.6 Å². The van der Waals surface area contributed by atoms with Crippen LogP contribution in [0.4, 0.5) is 4.39 Å². The second kappa shape index (κ2) is 7.82. The monoisotopic (exact) mass is 350 g/mol. The molecular weight excluding hydrogens is 335 g/mol. The standard InChI is InChI=1S/C13H16BrFN2O.ClH/c14-11-8-9(3-4-12(11)15)13(18)17-7-5-10-2-1-6-16-10;/h3-4,8,10,16H,1-2,5-7H2,(H,17,18);1H/t10-;/m1./s1. The summed E-state index contributed by atoms with van der Waals surface area (Å²) >= 11 is 3.07. The SMILES string of the molecule is Cl.O=C(NCC[C@H]1CCCN1)c1ccc(F)c(Br)c1. The van der Waals surface area contributed by atoms with Gasteiger partial charge in [-0.05, 0) is 59.9 Å². The summed E-state index contributed by atoms with van der Waals surface area (Å²) in [5, 5.41) is 6.23. The molecule has 1 atom stereocenters. The van der Waals surface area contributed by atoms with Crippen molar-refractivity contribution in [3.05, 3.63) is 34.1 Å². The van der Waals surface area contributed by atoms with Crippen molar-refractivity contribution >= 4 is 34.2 Å². The Morgan fingerprint density at radius 3 is 2.95 bits per heavy atom. The highest BCUT2D eigenvalue weighted by molar-refractivity contribution is 9.10. The molecule has 0 unspecified atom stereocenters. The number of carbonyl (C=O) groups is 1. The smallest absolute Gasteiger partial charge is 0.251 e. The molecule has 3 nitrogen and oxygen atoms in total. The van der Waals surface area contributed by atoms with Crippen molar-refractivity contribution in [3.63, 3.8) is 0 Å². The lowest BCUT2D eigenvalue weighted by molar-refractivity contribution is 0.0952. The van der Waals surface area contributed by atoms with E-state index in [9.17, 15) is 9.18 Å². The summed E-state index contributed by atoms with van der Waals surface area (Å²) in [5.41, 5.74) is 0.475. The Morgan fingerprint density at radius 2 is 2.32 bits per heavy atom. The van der Waals surface area contributed by atoms with E-state index in [1.54, 1.807) is 0 Å². The molecule has 1 amide bonds. The third-order valence-corrected chi connectivity index (χ3v) is 3.73. The molecule has 1 saturated heterocycles. The van der Waals surface area contributed by atoms with Crippen LogP contribution in [0.3, 0.4) is 0 Å². The van der Waals surface area contributed by atoms with Gasteiger partial charge in [-0.25, -0.2) is 4.39 Å². The lowest BCUT2D eigenvalue weighted by atomic mass is 10.1. The zero-order valence-corrected chi connectivity index (χ0v) is 12.8. The van der Waals surface area contributed by atoms with Crippen LogP contribution in [0.1, 0.15) is 29.6 Å². The Morgan fingerprint density at radius 1 is 1.53 bits per heavy atom. The van der Waals surface area contributed by atoms with E-state index in [-0.39, 0.29) is 24.1 Å². The van der Waals surface area contributed by atoms with Crippen LogP contribution in [0.5, 0.6) is 0 Å². The molecule has 6 heteroatoms. The van der Waals surface area contributed by atoms with Gasteiger partial charge in [-0.2, -0.15) is 0 Å². The molecule has 2 rings (SSSR count). The molecule has 0 saturated carbocycles. The normalized spacial score (nSPS) is 17.9. The fourth-order valence-corrected chi connectivity index (χ4v) is 2.48. The highest BCUT2D eigenvalue weighted by atomic mass is 79.9. The van der Waals surface area contributed by atoms with E-state index >= 15 is 0 Å². The zero-order chi connectivity index (χ0) is 13.0. The number of benzene rings is 1. The van der Waals surface area contributed by atoms with Crippen LogP contribution in [0.15, 0.2) is 22.7 Å². The Labute approximate surface area is 126 Å². The summed E-state index contributed by atoms with van der Waals surface area (Å²) in [4.78, 5) is 11.8. The number of hydrogen-bond donors (Lipinski definition) is 2. The number of carbonyl (C=O) groups excluding carboxylic acids is 1. The van der Waals surface area contributed by atoms with Gasteiger partial charge in [-0.3, -0.25) is 4.79 Å². The van der Waals surface area contributed by atoms with Gasteiger partial charge in [0.25, 0.3) is 5.91 Å². The maximum Gasteiger partial charge on any atom is 0.251 e. The minimum Gasteiger partial charge on any atom is -0.352 e. The topological polar surface area (TPSA) is 41.1 Å². The van der Waals surface area contributed by atoms with Crippen molar-refractivity contribution in [1.29, 1.82) is 0 Å². The Bertz CT molecular complexity index is 439. The largest absolute Gasteiger partial charge is 0.352 e. The van der Waals surface area contributed by atoms with E-state index in [0.717, 1.165) is 13.0 Å². The van der Waals surface area contributed by atoms with Gasteiger partial charge in [0.1, 0.15) is 5.82 Å². The van der Waals surface area contributed by atoms with Gasteiger partial charge in [0.15, 0.2) is 0 Å². The first kappa shape index (κ1) is 16.4. The summed E-state index contributed by atoms with van der Waals surface area (Å²) in [6, 6.07) is 4.80. The van der Waals surface area contributed by atoms with Gasteiger partial charge in [-0.1, -0.05) is 0 Å². The molecule has 1 aromatic carbocycles. The van der Waals surface area contributed by atoms with Crippen LogP contribution in [-0.2, 0) is 0 Å². The number of nitrogens with one attached hydrogen (secondary N) is 2. The number of amides is 1. The number of hydrogen-bond acceptors (Lipinski definition) is 2. The van der Waals surface area contributed by atoms with E-state index < -0.39 is 0 Å². The van der Waals surface area contributed by atoms with Crippen LogP contribution < -0.4 is 10.6 Å². The molecule has 0 radical (unpaired) electrons. The molecule has 1 heterocycles. The average molecular weight is 352 g/mol. The lowest BCUT2D eigenvalue weighted by Gasteiger charge is -2.10. The van der Waals surface area contributed by atoms with E-state index in [1.807, 2.05) is 0 Å². The highest BCUT2D eigenvalue weighted by Gasteiger charge is 2.14. The molecule has 0 bridgehead atoms. The minimum absolute atomic E-state index is 0. The van der Waals surface area contributed by atoms with Crippen molar-refractivity contribution in [2.75, 3.05) is 13.1 Å². The molecule has 0 spiro atoms. The molecule has 1 aliphatic rings. The Hall–Kier alpha value is -0.650. The van der Waals surface area contributed by atoms with Gasteiger partial charge >= 0.3 is 0 Å². The second-order valence-electron chi connectivity index (χ2n) is 4.47. The van der Waals surface area contributed by atoms with Gasteiger partial charge in [-0.15, -0.1) is 12.4 Å². The quantitative estimate of drug-likeness (QED) is 0.876. The molecule has 1 aromatic rings. The molecular formula is C13H17BrClFN2O. The zero-order valence-electron chi connectivity index (χ0n) is 10.4. The predicted octanol–water partition coefficient (Wildman–Crippen LogP) is 2.88. The fourth-order valence-electron chi connectivity index (χ4n) is 2.10. The van der Waals surface area contributed by atoms with E-state index in [1.165, 1.54) is 31.0 Å².